The van der Waals surface area contributed by atoms with Crippen LogP contribution in [-0.4, -0.2) is 25.4 Å². The highest BCUT2D eigenvalue weighted by Crippen LogP contribution is 2.29. The van der Waals surface area contributed by atoms with E-state index in [1.165, 1.54) is 43.9 Å². The minimum atomic E-state index is -3.49. The Morgan fingerprint density at radius 3 is 2.64 bits per heavy atom. The molecule has 0 spiro atoms. The maximum Gasteiger partial charge on any atom is 0.242 e. The first kappa shape index (κ1) is 15.9. The van der Waals surface area contributed by atoms with Crippen LogP contribution in [0.2, 0.25) is 0 Å². The number of sulfonamides is 1. The standard InChI is InChI=1S/C16H21N2O2S2/c19-22(20,15-9-5-2-6-10-15)17-16-18(11-12-21-16)13-14-7-3-1-4-8-14/h2,5-6,9-10,12,14,16-17H,1,3-4,7-8,13H2. The van der Waals surface area contributed by atoms with Crippen LogP contribution in [0.4, 0.5) is 0 Å². The van der Waals surface area contributed by atoms with Gasteiger partial charge in [0.1, 0.15) is 5.50 Å². The summed E-state index contributed by atoms with van der Waals surface area (Å²) in [6.07, 6.45) is 9.55. The molecule has 1 N–H and O–H groups in total. The summed E-state index contributed by atoms with van der Waals surface area (Å²) in [5, 5.41) is 1.85. The Balaban J connectivity index is 1.64. The van der Waals surface area contributed by atoms with Crippen molar-refractivity contribution in [2.75, 3.05) is 6.54 Å². The molecule has 119 valence electrons. The molecule has 1 aliphatic carbocycles. The van der Waals surface area contributed by atoms with E-state index < -0.39 is 10.0 Å². The average Bonchev–Trinajstić information content (AvgIpc) is 2.95. The first-order chi connectivity index (χ1) is 10.6. The molecule has 0 aromatic heterocycles. The molecule has 2 aliphatic rings. The van der Waals surface area contributed by atoms with E-state index in [2.05, 4.69) is 10.9 Å². The number of nitrogens with zero attached hydrogens (tertiary/aromatic N) is 1. The minimum Gasteiger partial charge on any atom is -0.344 e. The number of hydrogen-bond donors (Lipinski definition) is 1. The molecule has 3 rings (SSSR count). The number of rotatable bonds is 5. The van der Waals surface area contributed by atoms with Crippen molar-refractivity contribution in [1.29, 1.82) is 0 Å². The fraction of sp³-hybridized carbons (Fsp3) is 0.500. The topological polar surface area (TPSA) is 49.4 Å². The van der Waals surface area contributed by atoms with E-state index in [1.807, 2.05) is 16.4 Å². The highest BCUT2D eigenvalue weighted by molar-refractivity contribution is 8.03. The normalized spacial score (nSPS) is 23.1. The summed E-state index contributed by atoms with van der Waals surface area (Å²) in [5.74, 6) is 0.650. The van der Waals surface area contributed by atoms with Gasteiger partial charge in [-0.15, -0.1) is 0 Å². The molecule has 1 aromatic rings. The molecule has 0 bridgehead atoms. The van der Waals surface area contributed by atoms with E-state index in [9.17, 15) is 8.42 Å². The number of thioether (sulfide) groups is 1. The monoisotopic (exact) mass is 337 g/mol. The number of benzene rings is 1. The molecule has 1 aromatic carbocycles. The van der Waals surface area contributed by atoms with Gasteiger partial charge >= 0.3 is 0 Å². The maximum absolute atomic E-state index is 12.4. The zero-order valence-corrected chi connectivity index (χ0v) is 14.1. The zero-order chi connectivity index (χ0) is 15.4. The Bertz CT molecular complexity index is 610. The van der Waals surface area contributed by atoms with Gasteiger partial charge in [-0.25, -0.2) is 8.42 Å². The van der Waals surface area contributed by atoms with Crippen LogP contribution in [0.3, 0.4) is 0 Å². The van der Waals surface area contributed by atoms with Gasteiger partial charge in [0.05, 0.1) is 11.1 Å². The van der Waals surface area contributed by atoms with Crippen molar-refractivity contribution < 1.29 is 8.42 Å². The van der Waals surface area contributed by atoms with Gasteiger partial charge in [-0.3, -0.25) is 0 Å². The van der Waals surface area contributed by atoms with Gasteiger partial charge in [0.15, 0.2) is 0 Å². The Hall–Kier alpha value is -0.980. The predicted molar refractivity (Wildman–Crippen MR) is 89.2 cm³/mol. The summed E-state index contributed by atoms with van der Waals surface area (Å²) < 4.78 is 27.6. The Labute approximate surface area is 137 Å². The molecule has 1 aliphatic heterocycles. The van der Waals surface area contributed by atoms with Crippen molar-refractivity contribution in [1.82, 2.24) is 9.62 Å². The highest BCUT2D eigenvalue weighted by atomic mass is 32.2. The van der Waals surface area contributed by atoms with Gasteiger partial charge in [-0.05, 0) is 36.3 Å². The quantitative estimate of drug-likeness (QED) is 0.897. The second-order valence-electron chi connectivity index (χ2n) is 5.83. The van der Waals surface area contributed by atoms with Crippen molar-refractivity contribution in [2.24, 2.45) is 5.92 Å². The lowest BCUT2D eigenvalue weighted by Gasteiger charge is -2.30. The van der Waals surface area contributed by atoms with Crippen molar-refractivity contribution in [3.8, 4) is 0 Å². The first-order valence-electron chi connectivity index (χ1n) is 7.72. The van der Waals surface area contributed by atoms with E-state index in [0.717, 1.165) is 6.54 Å². The molecule has 6 heteroatoms. The molecule has 1 radical (unpaired) electrons. The maximum atomic E-state index is 12.4. The van der Waals surface area contributed by atoms with Crippen LogP contribution in [-0.2, 0) is 10.0 Å². The van der Waals surface area contributed by atoms with Gasteiger partial charge in [-0.1, -0.05) is 49.2 Å². The molecular weight excluding hydrogens is 316 g/mol. The minimum absolute atomic E-state index is 0.285. The predicted octanol–water partition coefficient (Wildman–Crippen LogP) is 3.15. The van der Waals surface area contributed by atoms with Crippen molar-refractivity contribution in [3.05, 3.63) is 41.9 Å². The second kappa shape index (κ2) is 7.06. The van der Waals surface area contributed by atoms with Crippen LogP contribution in [0.5, 0.6) is 0 Å². The third kappa shape index (κ3) is 3.86. The van der Waals surface area contributed by atoms with E-state index in [1.54, 1.807) is 24.3 Å². The molecule has 1 saturated carbocycles. The summed E-state index contributed by atoms with van der Waals surface area (Å²) in [4.78, 5) is 2.31. The van der Waals surface area contributed by atoms with Crippen LogP contribution < -0.4 is 4.72 Å². The molecule has 1 heterocycles. The highest BCUT2D eigenvalue weighted by Gasteiger charge is 2.28. The van der Waals surface area contributed by atoms with Crippen LogP contribution in [0.25, 0.3) is 0 Å². The lowest BCUT2D eigenvalue weighted by Crippen LogP contribution is -2.43. The van der Waals surface area contributed by atoms with Crippen molar-refractivity contribution >= 4 is 21.8 Å². The lowest BCUT2D eigenvalue weighted by atomic mass is 9.89. The molecular formula is C16H21N2O2S2. The van der Waals surface area contributed by atoms with Crippen LogP contribution in [0.1, 0.15) is 32.1 Å². The van der Waals surface area contributed by atoms with Gasteiger partial charge in [-0.2, -0.15) is 4.72 Å². The van der Waals surface area contributed by atoms with Crippen LogP contribution in [0.15, 0.2) is 40.6 Å². The lowest BCUT2D eigenvalue weighted by molar-refractivity contribution is 0.234. The summed E-state index contributed by atoms with van der Waals surface area (Å²) >= 11 is 1.46. The molecule has 4 nitrogen and oxygen atoms in total. The molecule has 1 fully saturated rings. The summed E-state index contributed by atoms with van der Waals surface area (Å²) in [5.41, 5.74) is -0.285. The third-order valence-electron chi connectivity index (χ3n) is 4.19. The third-order valence-corrected chi connectivity index (χ3v) is 6.63. The SMILES string of the molecule is O=S(=O)(NC1SC=[C]N1CC1CCCCC1)c1ccccc1. The molecule has 1 unspecified atom stereocenters. The summed E-state index contributed by atoms with van der Waals surface area (Å²) in [7, 11) is -3.49. The Morgan fingerprint density at radius 1 is 1.18 bits per heavy atom. The number of hydrogen-bond acceptors (Lipinski definition) is 4. The summed E-state index contributed by atoms with van der Waals surface area (Å²) in [6, 6.07) is 8.52. The van der Waals surface area contributed by atoms with Crippen LogP contribution in [0, 0.1) is 12.1 Å². The number of nitrogens with one attached hydrogen (secondary N) is 1. The first-order valence-corrected chi connectivity index (χ1v) is 10.1. The van der Waals surface area contributed by atoms with E-state index in [4.69, 9.17) is 0 Å². The van der Waals surface area contributed by atoms with Crippen LogP contribution >= 0.6 is 11.8 Å². The largest absolute Gasteiger partial charge is 0.344 e. The molecule has 0 saturated heterocycles. The second-order valence-corrected chi connectivity index (χ2v) is 8.49. The van der Waals surface area contributed by atoms with Crippen molar-refractivity contribution in [3.63, 3.8) is 0 Å². The molecule has 0 amide bonds. The molecule has 22 heavy (non-hydrogen) atoms. The fourth-order valence-electron chi connectivity index (χ4n) is 2.99. The van der Waals surface area contributed by atoms with Gasteiger partial charge in [0.2, 0.25) is 10.0 Å². The summed E-state index contributed by atoms with van der Waals surface area (Å²) in [6.45, 7) is 0.880. The zero-order valence-electron chi connectivity index (χ0n) is 12.4. The van der Waals surface area contributed by atoms with E-state index >= 15 is 0 Å². The van der Waals surface area contributed by atoms with Crippen molar-refractivity contribution in [2.45, 2.75) is 42.5 Å². The van der Waals surface area contributed by atoms with Gasteiger partial charge < -0.3 is 4.90 Å². The molecule has 1 atom stereocenters. The average molecular weight is 337 g/mol. The van der Waals surface area contributed by atoms with Gasteiger partial charge in [0.25, 0.3) is 0 Å². The van der Waals surface area contributed by atoms with Gasteiger partial charge in [0, 0.05) is 6.54 Å². The van der Waals surface area contributed by atoms with E-state index in [0.29, 0.717) is 10.8 Å². The smallest absolute Gasteiger partial charge is 0.242 e. The fourth-order valence-corrected chi connectivity index (χ4v) is 5.26. The van der Waals surface area contributed by atoms with E-state index in [-0.39, 0.29) is 5.50 Å². The Morgan fingerprint density at radius 2 is 1.91 bits per heavy atom. The Kier molecular flexibility index (Phi) is 5.10.